The van der Waals surface area contributed by atoms with Crippen LogP contribution in [0.5, 0.6) is 5.75 Å². The van der Waals surface area contributed by atoms with Gasteiger partial charge in [0.2, 0.25) is 0 Å². The van der Waals surface area contributed by atoms with Crippen LogP contribution in [0.1, 0.15) is 18.9 Å². The number of hydrogen-bond donors (Lipinski definition) is 0. The summed E-state index contributed by atoms with van der Waals surface area (Å²) >= 11 is 0. The Morgan fingerprint density at radius 2 is 2.00 bits per heavy atom. The van der Waals surface area contributed by atoms with Crippen molar-refractivity contribution in [3.05, 3.63) is 29.8 Å². The molecule has 0 unspecified atom stereocenters. The average molecular weight is 210 g/mol. The third-order valence-corrected chi connectivity index (χ3v) is 2.03. The zero-order valence-corrected chi connectivity index (χ0v) is 8.83. The van der Waals surface area contributed by atoms with E-state index < -0.39 is 6.67 Å². The third-order valence-electron chi connectivity index (χ3n) is 2.03. The smallest absolute Gasteiger partial charge is 0.130 e. The molecule has 1 aromatic rings. The standard InChI is InChI=1S/C12H15FO2/c1-10(14)2-3-11-4-6-12(7-5-11)15-9-8-13/h4-7H,2-3,8-9H2,1H3. The number of carbonyl (C=O) groups excluding carboxylic acids is 1. The fourth-order valence-corrected chi connectivity index (χ4v) is 1.23. The van der Waals surface area contributed by atoms with Gasteiger partial charge in [-0.3, -0.25) is 0 Å². The molecule has 2 nitrogen and oxygen atoms in total. The molecule has 0 aliphatic carbocycles. The Balaban J connectivity index is 2.45. The lowest BCUT2D eigenvalue weighted by Crippen LogP contribution is -1.99. The molecular weight excluding hydrogens is 195 g/mol. The van der Waals surface area contributed by atoms with Gasteiger partial charge in [-0.2, -0.15) is 0 Å². The summed E-state index contributed by atoms with van der Waals surface area (Å²) in [7, 11) is 0. The SMILES string of the molecule is CC(=O)CCc1ccc(OCCF)cc1. The van der Waals surface area contributed by atoms with E-state index in [9.17, 15) is 9.18 Å². The highest BCUT2D eigenvalue weighted by Gasteiger charge is 1.98. The monoisotopic (exact) mass is 210 g/mol. The summed E-state index contributed by atoms with van der Waals surface area (Å²) < 4.78 is 16.9. The molecule has 0 N–H and O–H groups in total. The molecular formula is C12H15FO2. The largest absolute Gasteiger partial charge is 0.491 e. The van der Waals surface area contributed by atoms with Crippen molar-refractivity contribution >= 4 is 5.78 Å². The quantitative estimate of drug-likeness (QED) is 0.721. The number of alkyl halides is 1. The third kappa shape index (κ3) is 4.58. The Morgan fingerprint density at radius 1 is 1.33 bits per heavy atom. The van der Waals surface area contributed by atoms with E-state index in [-0.39, 0.29) is 12.4 Å². The van der Waals surface area contributed by atoms with E-state index in [1.807, 2.05) is 12.1 Å². The zero-order chi connectivity index (χ0) is 11.1. The molecule has 0 radical (unpaired) electrons. The van der Waals surface area contributed by atoms with E-state index in [1.54, 1.807) is 19.1 Å². The highest BCUT2D eigenvalue weighted by atomic mass is 19.1. The zero-order valence-electron chi connectivity index (χ0n) is 8.83. The first-order valence-electron chi connectivity index (χ1n) is 4.99. The maximum absolute atomic E-state index is 11.8. The average Bonchev–Trinajstić information content (AvgIpc) is 2.25. The van der Waals surface area contributed by atoms with Crippen molar-refractivity contribution in [2.45, 2.75) is 19.8 Å². The van der Waals surface area contributed by atoms with Crippen molar-refractivity contribution in [3.63, 3.8) is 0 Å². The highest BCUT2D eigenvalue weighted by molar-refractivity contribution is 5.75. The topological polar surface area (TPSA) is 26.3 Å². The summed E-state index contributed by atoms with van der Waals surface area (Å²) in [4.78, 5) is 10.8. The van der Waals surface area contributed by atoms with E-state index in [0.29, 0.717) is 12.2 Å². The van der Waals surface area contributed by atoms with Crippen LogP contribution in [0.2, 0.25) is 0 Å². The van der Waals surface area contributed by atoms with E-state index >= 15 is 0 Å². The predicted octanol–water partition coefficient (Wildman–Crippen LogP) is 2.56. The van der Waals surface area contributed by atoms with Crippen molar-refractivity contribution < 1.29 is 13.9 Å². The number of ketones is 1. The molecule has 0 spiro atoms. The molecule has 3 heteroatoms. The Labute approximate surface area is 89.1 Å². The molecule has 82 valence electrons. The molecule has 15 heavy (non-hydrogen) atoms. The molecule has 0 bridgehead atoms. The minimum Gasteiger partial charge on any atom is -0.491 e. The van der Waals surface area contributed by atoms with Crippen LogP contribution in [0.3, 0.4) is 0 Å². The summed E-state index contributed by atoms with van der Waals surface area (Å²) in [6.07, 6.45) is 1.31. The minimum atomic E-state index is -0.480. The molecule has 0 aliphatic heterocycles. The molecule has 0 heterocycles. The molecule has 1 aromatic carbocycles. The molecule has 0 aromatic heterocycles. The van der Waals surface area contributed by atoms with Gasteiger partial charge in [0.25, 0.3) is 0 Å². The van der Waals surface area contributed by atoms with Gasteiger partial charge in [0.05, 0.1) is 0 Å². The fraction of sp³-hybridized carbons (Fsp3) is 0.417. The second-order valence-electron chi connectivity index (χ2n) is 3.38. The van der Waals surface area contributed by atoms with Crippen LogP contribution in [0.15, 0.2) is 24.3 Å². The fourth-order valence-electron chi connectivity index (χ4n) is 1.23. The molecule has 0 aliphatic rings. The van der Waals surface area contributed by atoms with Crippen LogP contribution in [0, 0.1) is 0 Å². The van der Waals surface area contributed by atoms with Gasteiger partial charge in [0.1, 0.15) is 24.8 Å². The van der Waals surface area contributed by atoms with Crippen LogP contribution in [-0.4, -0.2) is 19.1 Å². The Morgan fingerprint density at radius 3 is 2.53 bits per heavy atom. The first-order valence-corrected chi connectivity index (χ1v) is 4.99. The number of aryl methyl sites for hydroxylation is 1. The summed E-state index contributed by atoms with van der Waals surface area (Å²) in [5.74, 6) is 0.854. The summed E-state index contributed by atoms with van der Waals surface area (Å²) in [6.45, 7) is 1.19. The Bertz CT molecular complexity index is 306. The van der Waals surface area contributed by atoms with E-state index in [2.05, 4.69) is 0 Å². The van der Waals surface area contributed by atoms with Gasteiger partial charge < -0.3 is 9.53 Å². The molecule has 0 fully saturated rings. The lowest BCUT2D eigenvalue weighted by Gasteiger charge is -2.04. The van der Waals surface area contributed by atoms with E-state index in [4.69, 9.17) is 4.74 Å². The minimum absolute atomic E-state index is 0.0901. The number of hydrogen-bond acceptors (Lipinski definition) is 2. The van der Waals surface area contributed by atoms with Crippen LogP contribution < -0.4 is 4.74 Å². The Kier molecular flexibility index (Phi) is 4.81. The lowest BCUT2D eigenvalue weighted by molar-refractivity contribution is -0.116. The second-order valence-corrected chi connectivity index (χ2v) is 3.38. The molecule has 0 atom stereocenters. The van der Waals surface area contributed by atoms with Gasteiger partial charge in [0.15, 0.2) is 0 Å². The van der Waals surface area contributed by atoms with E-state index in [0.717, 1.165) is 12.0 Å². The lowest BCUT2D eigenvalue weighted by atomic mass is 10.1. The van der Waals surface area contributed by atoms with Gasteiger partial charge in [-0.15, -0.1) is 0 Å². The predicted molar refractivity (Wildman–Crippen MR) is 56.9 cm³/mol. The summed E-state index contributed by atoms with van der Waals surface area (Å²) in [6, 6.07) is 7.39. The molecule has 0 amide bonds. The Hall–Kier alpha value is -1.38. The van der Waals surface area contributed by atoms with Crippen molar-refractivity contribution in [1.29, 1.82) is 0 Å². The van der Waals surface area contributed by atoms with Crippen molar-refractivity contribution in [3.8, 4) is 5.75 Å². The first kappa shape index (κ1) is 11.7. The van der Waals surface area contributed by atoms with E-state index in [1.165, 1.54) is 0 Å². The maximum Gasteiger partial charge on any atom is 0.130 e. The van der Waals surface area contributed by atoms with Crippen LogP contribution in [0.25, 0.3) is 0 Å². The number of rotatable bonds is 6. The molecule has 1 rings (SSSR count). The first-order chi connectivity index (χ1) is 7.22. The van der Waals surface area contributed by atoms with Gasteiger partial charge >= 0.3 is 0 Å². The maximum atomic E-state index is 11.8. The number of halogens is 1. The van der Waals surface area contributed by atoms with Gasteiger partial charge in [0, 0.05) is 6.42 Å². The van der Waals surface area contributed by atoms with Crippen molar-refractivity contribution in [1.82, 2.24) is 0 Å². The normalized spacial score (nSPS) is 10.0. The van der Waals surface area contributed by atoms with Crippen LogP contribution in [0.4, 0.5) is 4.39 Å². The number of ether oxygens (including phenoxy) is 1. The van der Waals surface area contributed by atoms with Crippen LogP contribution >= 0.6 is 0 Å². The van der Waals surface area contributed by atoms with Gasteiger partial charge in [-0.25, -0.2) is 4.39 Å². The second kappa shape index (κ2) is 6.17. The number of carbonyl (C=O) groups is 1. The highest BCUT2D eigenvalue weighted by Crippen LogP contribution is 2.13. The van der Waals surface area contributed by atoms with Crippen molar-refractivity contribution in [2.24, 2.45) is 0 Å². The number of Topliss-reactive ketones (excluding diaryl/α,β-unsaturated/α-hetero) is 1. The summed E-state index contributed by atoms with van der Waals surface area (Å²) in [5.41, 5.74) is 1.10. The number of benzene rings is 1. The van der Waals surface area contributed by atoms with Crippen LogP contribution in [-0.2, 0) is 11.2 Å². The van der Waals surface area contributed by atoms with Gasteiger partial charge in [-0.1, -0.05) is 12.1 Å². The molecule has 0 saturated heterocycles. The van der Waals surface area contributed by atoms with Crippen molar-refractivity contribution in [2.75, 3.05) is 13.3 Å². The molecule has 0 saturated carbocycles. The summed E-state index contributed by atoms with van der Waals surface area (Å²) in [5, 5.41) is 0. The van der Waals surface area contributed by atoms with Gasteiger partial charge in [-0.05, 0) is 31.0 Å².